The maximum absolute atomic E-state index is 11.7. The Morgan fingerprint density at radius 1 is 1.44 bits per heavy atom. The van der Waals surface area contributed by atoms with Crippen LogP contribution >= 0.6 is 23.1 Å². The van der Waals surface area contributed by atoms with Gasteiger partial charge >= 0.3 is 0 Å². The molecule has 3 atom stereocenters. The molecule has 3 unspecified atom stereocenters. The molecule has 1 aliphatic heterocycles. The number of methoxy groups -OCH3 is 1. The molecule has 0 radical (unpaired) electrons. The van der Waals surface area contributed by atoms with Gasteiger partial charge in [0.25, 0.3) is 0 Å². The highest BCUT2D eigenvalue weighted by molar-refractivity contribution is 8.02. The molecular weight excluding hydrogens is 386 g/mol. The van der Waals surface area contributed by atoms with E-state index in [1.807, 2.05) is 6.92 Å². The zero-order valence-corrected chi connectivity index (χ0v) is 17.0. The fourth-order valence-electron chi connectivity index (χ4n) is 2.37. The lowest BCUT2D eigenvalue weighted by atomic mass is 10.1. The first-order valence-corrected chi connectivity index (χ1v) is 11.3. The molecule has 1 aliphatic rings. The summed E-state index contributed by atoms with van der Waals surface area (Å²) in [5.41, 5.74) is 0.861. The Hall–Kier alpha value is -0.200. The number of nitrogens with two attached hydrogens (primary N) is 1. The van der Waals surface area contributed by atoms with Crippen molar-refractivity contribution in [2.45, 2.75) is 52.8 Å². The van der Waals surface area contributed by atoms with Crippen LogP contribution in [0, 0.1) is 0 Å². The van der Waals surface area contributed by atoms with Gasteiger partial charge in [0.05, 0.1) is 10.3 Å². The van der Waals surface area contributed by atoms with Gasteiger partial charge in [0.1, 0.15) is 4.21 Å². The number of primary sulfonamides is 1. The van der Waals surface area contributed by atoms with E-state index in [1.54, 1.807) is 31.9 Å². The Kier molecular flexibility index (Phi) is 8.15. The smallest absolute Gasteiger partial charge is 0.247 e. The van der Waals surface area contributed by atoms with E-state index in [9.17, 15) is 8.42 Å². The second kappa shape index (κ2) is 9.65. The van der Waals surface area contributed by atoms with Crippen LogP contribution in [-0.2, 0) is 29.0 Å². The van der Waals surface area contributed by atoms with Gasteiger partial charge in [-0.25, -0.2) is 13.6 Å². The van der Waals surface area contributed by atoms with Crippen LogP contribution in [-0.4, -0.2) is 47.1 Å². The summed E-state index contributed by atoms with van der Waals surface area (Å²) in [5.74, 6) is 0. The van der Waals surface area contributed by atoms with Gasteiger partial charge in [-0.2, -0.15) is 0 Å². The average Bonchev–Trinajstić information content (AvgIpc) is 2.99. The van der Waals surface area contributed by atoms with E-state index in [2.05, 4.69) is 0 Å². The maximum atomic E-state index is 11.7. The molecule has 2 heterocycles. The van der Waals surface area contributed by atoms with Crippen molar-refractivity contribution in [1.29, 1.82) is 0 Å². The molecule has 7 nitrogen and oxygen atoms in total. The highest BCUT2D eigenvalue weighted by Gasteiger charge is 2.32. The minimum Gasteiger partial charge on any atom is -0.382 e. The predicted molar refractivity (Wildman–Crippen MR) is 97.3 cm³/mol. The fraction of sp³-hybridized carbons (Fsp3) is 0.733. The van der Waals surface area contributed by atoms with Gasteiger partial charge in [0.2, 0.25) is 10.0 Å². The standard InChI is InChI=1S/C15H25NO6S3/c1-4-20-6-5-11-7-13(22-9-21-10(2)19-3)12-8-14(25(16,17)18)24-15(12)23-11/h8,10-11,13H,4-7,9H2,1-3H3,(H2,16,17,18). The second-order valence-corrected chi connectivity index (χ2v) is 9.97. The van der Waals surface area contributed by atoms with Gasteiger partial charge in [-0.1, -0.05) is 0 Å². The van der Waals surface area contributed by atoms with Crippen LogP contribution < -0.4 is 5.14 Å². The zero-order valence-electron chi connectivity index (χ0n) is 14.6. The third kappa shape index (κ3) is 6.17. The van der Waals surface area contributed by atoms with Gasteiger partial charge in [0, 0.05) is 31.1 Å². The number of hydrogen-bond donors (Lipinski definition) is 1. The molecule has 2 rings (SSSR count). The maximum Gasteiger partial charge on any atom is 0.247 e. The summed E-state index contributed by atoms with van der Waals surface area (Å²) in [6.07, 6.45) is 1.03. The summed E-state index contributed by atoms with van der Waals surface area (Å²) >= 11 is 2.86. The number of ether oxygens (including phenoxy) is 4. The Labute approximate surface area is 157 Å². The van der Waals surface area contributed by atoms with Crippen molar-refractivity contribution in [3.63, 3.8) is 0 Å². The van der Waals surface area contributed by atoms with E-state index in [4.69, 9.17) is 24.1 Å². The van der Waals surface area contributed by atoms with Crippen molar-refractivity contribution in [2.24, 2.45) is 5.14 Å². The number of thiophene rings is 1. The van der Waals surface area contributed by atoms with Gasteiger partial charge < -0.3 is 18.9 Å². The van der Waals surface area contributed by atoms with E-state index < -0.39 is 10.0 Å². The summed E-state index contributed by atoms with van der Waals surface area (Å²) < 4.78 is 46.2. The van der Waals surface area contributed by atoms with Crippen LogP contribution in [0.5, 0.6) is 0 Å². The molecule has 0 bridgehead atoms. The molecule has 0 fully saturated rings. The molecule has 0 saturated heterocycles. The van der Waals surface area contributed by atoms with Gasteiger partial charge in [0.15, 0.2) is 13.1 Å². The number of rotatable bonds is 10. The molecule has 10 heteroatoms. The minimum atomic E-state index is -3.72. The molecule has 0 spiro atoms. The number of hydrogen-bond acceptors (Lipinski definition) is 8. The third-order valence-electron chi connectivity index (χ3n) is 3.77. The van der Waals surface area contributed by atoms with Crippen molar-refractivity contribution in [1.82, 2.24) is 0 Å². The molecule has 0 aliphatic carbocycles. The van der Waals surface area contributed by atoms with E-state index in [1.165, 1.54) is 11.3 Å². The summed E-state index contributed by atoms with van der Waals surface area (Å²) in [7, 11) is -2.17. The minimum absolute atomic E-state index is 0.0719. The molecule has 25 heavy (non-hydrogen) atoms. The second-order valence-electron chi connectivity index (χ2n) is 5.56. The van der Waals surface area contributed by atoms with Crippen molar-refractivity contribution in [3.8, 4) is 0 Å². The third-order valence-corrected chi connectivity index (χ3v) is 7.89. The van der Waals surface area contributed by atoms with Crippen molar-refractivity contribution in [3.05, 3.63) is 11.6 Å². The molecular formula is C15H25NO6S3. The Morgan fingerprint density at radius 3 is 2.84 bits per heavy atom. The van der Waals surface area contributed by atoms with Crippen LogP contribution in [0.25, 0.3) is 0 Å². The Bertz CT molecular complexity index is 648. The summed E-state index contributed by atoms with van der Waals surface area (Å²) in [4.78, 5) is 0. The van der Waals surface area contributed by atoms with Crippen molar-refractivity contribution in [2.75, 3.05) is 27.1 Å². The average molecular weight is 412 g/mol. The van der Waals surface area contributed by atoms with Gasteiger partial charge in [-0.05, 0) is 32.8 Å². The first kappa shape index (κ1) is 21.1. The first-order chi connectivity index (χ1) is 11.8. The largest absolute Gasteiger partial charge is 0.382 e. The molecule has 1 aromatic heterocycles. The molecule has 0 saturated carbocycles. The van der Waals surface area contributed by atoms with E-state index in [0.717, 1.165) is 22.6 Å². The predicted octanol–water partition coefficient (Wildman–Crippen LogP) is 2.71. The number of thioether (sulfide) groups is 1. The van der Waals surface area contributed by atoms with Gasteiger partial charge in [-0.15, -0.1) is 23.1 Å². The molecule has 0 aromatic carbocycles. The monoisotopic (exact) mass is 411 g/mol. The van der Waals surface area contributed by atoms with E-state index in [-0.39, 0.29) is 28.6 Å². The van der Waals surface area contributed by atoms with Crippen LogP contribution in [0.15, 0.2) is 14.5 Å². The van der Waals surface area contributed by atoms with Crippen LogP contribution in [0.2, 0.25) is 0 Å². The lowest BCUT2D eigenvalue weighted by Gasteiger charge is -2.29. The van der Waals surface area contributed by atoms with Crippen LogP contribution in [0.1, 0.15) is 38.4 Å². The lowest BCUT2D eigenvalue weighted by Crippen LogP contribution is -2.21. The zero-order chi connectivity index (χ0) is 18.4. The molecule has 1 aromatic rings. The number of sulfonamides is 1. The Morgan fingerprint density at radius 2 is 2.20 bits per heavy atom. The lowest BCUT2D eigenvalue weighted by molar-refractivity contribution is -0.190. The molecule has 2 N–H and O–H groups in total. The van der Waals surface area contributed by atoms with Crippen LogP contribution in [0.3, 0.4) is 0 Å². The summed E-state index contributed by atoms with van der Waals surface area (Å²) in [6, 6.07) is 1.62. The summed E-state index contributed by atoms with van der Waals surface area (Å²) in [5, 5.41) is 5.56. The molecule has 0 amide bonds. The first-order valence-electron chi connectivity index (χ1n) is 8.02. The molecule has 144 valence electrons. The quantitative estimate of drug-likeness (QED) is 0.467. The van der Waals surface area contributed by atoms with E-state index in [0.29, 0.717) is 13.2 Å². The normalized spacial score (nSPS) is 21.9. The summed E-state index contributed by atoms with van der Waals surface area (Å²) in [6.45, 7) is 5.16. The van der Waals surface area contributed by atoms with Crippen LogP contribution in [0.4, 0.5) is 0 Å². The highest BCUT2D eigenvalue weighted by Crippen LogP contribution is 2.48. The Balaban J connectivity index is 2.11. The fourth-order valence-corrected chi connectivity index (χ4v) is 6.19. The van der Waals surface area contributed by atoms with E-state index >= 15 is 0 Å². The number of fused-ring (bicyclic) bond motifs is 1. The SMILES string of the molecule is CCOCCC1CC(OCOC(C)OC)c2cc(S(N)(=O)=O)sc2S1. The van der Waals surface area contributed by atoms with Crippen molar-refractivity contribution >= 4 is 33.1 Å². The highest BCUT2D eigenvalue weighted by atomic mass is 32.3. The van der Waals surface area contributed by atoms with Crippen molar-refractivity contribution < 1.29 is 27.4 Å². The topological polar surface area (TPSA) is 97.1 Å². The van der Waals surface area contributed by atoms with Gasteiger partial charge in [-0.3, -0.25) is 0 Å².